The number of nitrogens with one attached hydrogen (secondary N) is 1. The SMILES string of the molecule is CCOC(=O)NC(=O)CSc1nnc(C(=O)OCC)o1. The van der Waals surface area contributed by atoms with Gasteiger partial charge in [0.25, 0.3) is 5.22 Å². The van der Waals surface area contributed by atoms with Gasteiger partial charge in [-0.25, -0.2) is 9.59 Å². The van der Waals surface area contributed by atoms with E-state index in [0.29, 0.717) is 0 Å². The second kappa shape index (κ2) is 8.15. The van der Waals surface area contributed by atoms with E-state index in [0.717, 1.165) is 11.8 Å². The first kappa shape index (κ1) is 16.0. The van der Waals surface area contributed by atoms with Gasteiger partial charge in [0.2, 0.25) is 5.91 Å². The zero-order valence-electron chi connectivity index (χ0n) is 10.9. The van der Waals surface area contributed by atoms with Crippen LogP contribution in [0, 0.1) is 0 Å². The highest BCUT2D eigenvalue weighted by Gasteiger charge is 2.17. The molecule has 20 heavy (non-hydrogen) atoms. The van der Waals surface area contributed by atoms with E-state index in [2.05, 4.69) is 19.7 Å². The first-order chi connectivity index (χ1) is 9.56. The van der Waals surface area contributed by atoms with Crippen molar-refractivity contribution in [3.8, 4) is 0 Å². The Labute approximate surface area is 118 Å². The van der Waals surface area contributed by atoms with Crippen molar-refractivity contribution in [2.45, 2.75) is 19.1 Å². The van der Waals surface area contributed by atoms with E-state index in [1.807, 2.05) is 5.32 Å². The monoisotopic (exact) mass is 303 g/mol. The molecule has 1 heterocycles. The fourth-order valence-corrected chi connectivity index (χ4v) is 1.55. The topological polar surface area (TPSA) is 121 Å². The Balaban J connectivity index is 2.40. The highest BCUT2D eigenvalue weighted by atomic mass is 32.2. The molecule has 0 fully saturated rings. The van der Waals surface area contributed by atoms with Crippen LogP contribution in [0.1, 0.15) is 24.5 Å². The Morgan fingerprint density at radius 3 is 2.55 bits per heavy atom. The fourth-order valence-electron chi connectivity index (χ4n) is 0.988. The maximum atomic E-state index is 11.3. The lowest BCUT2D eigenvalue weighted by Crippen LogP contribution is -2.32. The van der Waals surface area contributed by atoms with E-state index < -0.39 is 18.0 Å². The van der Waals surface area contributed by atoms with Gasteiger partial charge in [-0.05, 0) is 13.8 Å². The van der Waals surface area contributed by atoms with Crippen molar-refractivity contribution in [2.24, 2.45) is 0 Å². The van der Waals surface area contributed by atoms with E-state index in [4.69, 9.17) is 4.42 Å². The number of alkyl carbamates (subject to hydrolysis) is 1. The maximum Gasteiger partial charge on any atom is 0.413 e. The number of esters is 1. The number of hydrogen-bond acceptors (Lipinski definition) is 9. The molecule has 1 rings (SSSR count). The summed E-state index contributed by atoms with van der Waals surface area (Å²) >= 11 is 0.877. The predicted molar refractivity (Wildman–Crippen MR) is 66.1 cm³/mol. The molecule has 0 aromatic carbocycles. The minimum Gasteiger partial charge on any atom is -0.459 e. The summed E-state index contributed by atoms with van der Waals surface area (Å²) in [6.45, 7) is 3.61. The second-order valence-electron chi connectivity index (χ2n) is 3.15. The lowest BCUT2D eigenvalue weighted by atomic mass is 10.7. The van der Waals surface area contributed by atoms with Gasteiger partial charge in [-0.15, -0.1) is 5.10 Å². The largest absolute Gasteiger partial charge is 0.459 e. The van der Waals surface area contributed by atoms with Crippen molar-refractivity contribution in [3.05, 3.63) is 5.89 Å². The zero-order valence-corrected chi connectivity index (χ0v) is 11.7. The van der Waals surface area contributed by atoms with Crippen LogP contribution in [0.25, 0.3) is 0 Å². The lowest BCUT2D eigenvalue weighted by Gasteiger charge is -2.02. The summed E-state index contributed by atoms with van der Waals surface area (Å²) in [4.78, 5) is 33.5. The third kappa shape index (κ3) is 5.26. The van der Waals surface area contributed by atoms with Crippen LogP contribution < -0.4 is 5.32 Å². The highest BCUT2D eigenvalue weighted by Crippen LogP contribution is 2.15. The summed E-state index contributed by atoms with van der Waals surface area (Å²) in [5, 5.41) is 9.04. The van der Waals surface area contributed by atoms with Gasteiger partial charge in [0.05, 0.1) is 19.0 Å². The van der Waals surface area contributed by atoms with E-state index >= 15 is 0 Å². The molecule has 2 amide bonds. The summed E-state index contributed by atoms with van der Waals surface area (Å²) in [5.41, 5.74) is 0. The van der Waals surface area contributed by atoms with Crippen LogP contribution >= 0.6 is 11.8 Å². The van der Waals surface area contributed by atoms with Crippen molar-refractivity contribution < 1.29 is 28.3 Å². The number of thioether (sulfide) groups is 1. The van der Waals surface area contributed by atoms with Crippen molar-refractivity contribution in [1.82, 2.24) is 15.5 Å². The van der Waals surface area contributed by atoms with Gasteiger partial charge >= 0.3 is 18.0 Å². The van der Waals surface area contributed by atoms with Gasteiger partial charge in [0.1, 0.15) is 0 Å². The highest BCUT2D eigenvalue weighted by molar-refractivity contribution is 7.99. The average molecular weight is 303 g/mol. The quantitative estimate of drug-likeness (QED) is 0.595. The molecule has 1 aromatic heterocycles. The number of hydrogen-bond donors (Lipinski definition) is 1. The summed E-state index contributed by atoms with van der Waals surface area (Å²) in [6, 6.07) is 0. The third-order valence-electron chi connectivity index (χ3n) is 1.70. The molecule has 0 aliphatic heterocycles. The smallest absolute Gasteiger partial charge is 0.413 e. The molecule has 10 heteroatoms. The molecule has 0 aliphatic carbocycles. The Bertz CT molecular complexity index is 489. The molecule has 9 nitrogen and oxygen atoms in total. The van der Waals surface area contributed by atoms with E-state index in [9.17, 15) is 14.4 Å². The molecule has 0 radical (unpaired) electrons. The first-order valence-electron chi connectivity index (χ1n) is 5.66. The number of carbonyl (C=O) groups excluding carboxylic acids is 3. The number of carbonyl (C=O) groups is 3. The number of aromatic nitrogens is 2. The van der Waals surface area contributed by atoms with Crippen LogP contribution in [-0.2, 0) is 14.3 Å². The fraction of sp³-hybridized carbons (Fsp3) is 0.500. The molecular weight excluding hydrogens is 290 g/mol. The van der Waals surface area contributed by atoms with Gasteiger partial charge in [-0.2, -0.15) is 0 Å². The summed E-state index contributed by atoms with van der Waals surface area (Å²) in [7, 11) is 0. The number of nitrogens with zero attached hydrogens (tertiary/aromatic N) is 2. The van der Waals surface area contributed by atoms with Gasteiger partial charge in [-0.1, -0.05) is 16.9 Å². The van der Waals surface area contributed by atoms with E-state index in [1.54, 1.807) is 13.8 Å². The van der Waals surface area contributed by atoms with Gasteiger partial charge in [-0.3, -0.25) is 10.1 Å². The molecule has 0 saturated carbocycles. The van der Waals surface area contributed by atoms with Crippen LogP contribution in [0.3, 0.4) is 0 Å². The summed E-state index contributed by atoms with van der Waals surface area (Å²) in [6.07, 6.45) is -0.823. The third-order valence-corrected chi connectivity index (χ3v) is 2.52. The van der Waals surface area contributed by atoms with E-state index in [1.165, 1.54) is 0 Å². The molecule has 110 valence electrons. The normalized spacial score (nSPS) is 9.90. The molecule has 0 saturated heterocycles. The van der Waals surface area contributed by atoms with Crippen LogP contribution in [0.2, 0.25) is 0 Å². The molecule has 0 spiro atoms. The number of imide groups is 1. The van der Waals surface area contributed by atoms with Crippen molar-refractivity contribution >= 4 is 29.7 Å². The minimum absolute atomic E-state index is 0.0204. The summed E-state index contributed by atoms with van der Waals surface area (Å²) < 4.78 is 14.2. The predicted octanol–water partition coefficient (Wildman–Crippen LogP) is 0.611. The molecule has 0 unspecified atom stereocenters. The van der Waals surface area contributed by atoms with Gasteiger partial charge in [0, 0.05) is 0 Å². The Morgan fingerprint density at radius 1 is 1.20 bits per heavy atom. The number of amides is 2. The van der Waals surface area contributed by atoms with Crippen LogP contribution in [0.5, 0.6) is 0 Å². The average Bonchev–Trinajstić information content (AvgIpc) is 2.85. The number of rotatable bonds is 6. The molecular formula is C10H13N3O6S. The molecule has 0 bridgehead atoms. The van der Waals surface area contributed by atoms with E-state index in [-0.39, 0.29) is 30.1 Å². The maximum absolute atomic E-state index is 11.3. The van der Waals surface area contributed by atoms with Gasteiger partial charge < -0.3 is 13.9 Å². The first-order valence-corrected chi connectivity index (χ1v) is 6.65. The Kier molecular flexibility index (Phi) is 6.50. The molecule has 0 aliphatic rings. The number of ether oxygens (including phenoxy) is 2. The lowest BCUT2D eigenvalue weighted by molar-refractivity contribution is -0.117. The van der Waals surface area contributed by atoms with Crippen molar-refractivity contribution in [1.29, 1.82) is 0 Å². The van der Waals surface area contributed by atoms with Crippen LogP contribution in [-0.4, -0.2) is 47.1 Å². The van der Waals surface area contributed by atoms with Crippen molar-refractivity contribution in [3.63, 3.8) is 0 Å². The second-order valence-corrected chi connectivity index (χ2v) is 4.08. The van der Waals surface area contributed by atoms with Crippen LogP contribution in [0.15, 0.2) is 9.64 Å². The van der Waals surface area contributed by atoms with Gasteiger partial charge in [0.15, 0.2) is 0 Å². The molecule has 0 atom stereocenters. The van der Waals surface area contributed by atoms with Crippen LogP contribution in [0.4, 0.5) is 4.79 Å². The van der Waals surface area contributed by atoms with Crippen molar-refractivity contribution in [2.75, 3.05) is 19.0 Å². The Morgan fingerprint density at radius 2 is 1.90 bits per heavy atom. The summed E-state index contributed by atoms with van der Waals surface area (Å²) in [5.74, 6) is -1.74. The minimum atomic E-state index is -0.823. The zero-order chi connectivity index (χ0) is 15.0. The Hall–Kier alpha value is -2.10. The molecule has 1 N–H and O–H groups in total. The molecule has 1 aromatic rings. The standard InChI is InChI=1S/C10H13N3O6S/c1-3-17-8(15)7-12-13-10(19-7)20-5-6(14)11-9(16)18-4-2/h3-5H2,1-2H3,(H,11,14,16).